The molecule has 30 heavy (non-hydrogen) atoms. The highest BCUT2D eigenvalue weighted by Crippen LogP contribution is 2.32. The van der Waals surface area contributed by atoms with E-state index in [0.29, 0.717) is 5.69 Å². The Labute approximate surface area is 175 Å². The molecule has 1 aromatic heterocycles. The Bertz CT molecular complexity index is 1310. The molecule has 2 N–H and O–H groups in total. The van der Waals surface area contributed by atoms with Gasteiger partial charge in [-0.3, -0.25) is 10.4 Å². The second-order valence-corrected chi connectivity index (χ2v) is 7.60. The number of aromatic nitrogens is 1. The van der Waals surface area contributed by atoms with Crippen LogP contribution in [0.1, 0.15) is 23.7 Å². The SMILES string of the molecule is C/C=C\C1(c2ccc(C(=N)N=Cc3cc4ccccc4c4ccccc34)nc2)CN1. The number of aliphatic imine (C=N–C) groups is 1. The van der Waals surface area contributed by atoms with Crippen LogP contribution in [0.25, 0.3) is 21.5 Å². The summed E-state index contributed by atoms with van der Waals surface area (Å²) in [6.07, 6.45) is 7.81. The summed E-state index contributed by atoms with van der Waals surface area (Å²) in [6, 6.07) is 22.7. The second-order valence-electron chi connectivity index (χ2n) is 7.60. The molecule has 0 spiro atoms. The third-order valence-corrected chi connectivity index (χ3v) is 5.66. The Morgan fingerprint density at radius 1 is 1.03 bits per heavy atom. The molecule has 1 aliphatic rings. The lowest BCUT2D eigenvalue weighted by Gasteiger charge is -2.09. The molecule has 0 bridgehead atoms. The fourth-order valence-electron chi connectivity index (χ4n) is 3.99. The average molecular weight is 390 g/mol. The Morgan fingerprint density at radius 3 is 2.47 bits per heavy atom. The molecule has 0 saturated carbocycles. The van der Waals surface area contributed by atoms with Gasteiger partial charge in [-0.2, -0.15) is 0 Å². The van der Waals surface area contributed by atoms with Crippen molar-refractivity contribution >= 4 is 33.6 Å². The third kappa shape index (κ3) is 3.21. The zero-order chi connectivity index (χ0) is 20.6. The molecule has 5 rings (SSSR count). The van der Waals surface area contributed by atoms with Crippen LogP contribution < -0.4 is 5.32 Å². The maximum Gasteiger partial charge on any atom is 0.170 e. The lowest BCUT2D eigenvalue weighted by Crippen LogP contribution is -2.10. The lowest BCUT2D eigenvalue weighted by atomic mass is 9.98. The van der Waals surface area contributed by atoms with Crippen LogP contribution in [-0.2, 0) is 5.54 Å². The summed E-state index contributed by atoms with van der Waals surface area (Å²) in [6.45, 7) is 2.94. The van der Waals surface area contributed by atoms with Crippen LogP contribution in [0.2, 0.25) is 0 Å². The molecule has 1 saturated heterocycles. The van der Waals surface area contributed by atoms with E-state index < -0.39 is 0 Å². The quantitative estimate of drug-likeness (QED) is 0.165. The van der Waals surface area contributed by atoms with Gasteiger partial charge in [0.15, 0.2) is 5.84 Å². The minimum Gasteiger partial charge on any atom is -0.301 e. The molecular weight excluding hydrogens is 368 g/mol. The lowest BCUT2D eigenvalue weighted by molar-refractivity contribution is 0.849. The summed E-state index contributed by atoms with van der Waals surface area (Å²) in [4.78, 5) is 8.91. The van der Waals surface area contributed by atoms with E-state index in [2.05, 4.69) is 63.8 Å². The number of hydrogen-bond donors (Lipinski definition) is 2. The number of rotatable bonds is 4. The number of benzene rings is 3. The molecule has 1 fully saturated rings. The van der Waals surface area contributed by atoms with Gasteiger partial charge < -0.3 is 5.32 Å². The molecule has 3 aromatic carbocycles. The van der Waals surface area contributed by atoms with Crippen LogP contribution in [0.4, 0.5) is 0 Å². The molecule has 146 valence electrons. The molecule has 2 heterocycles. The molecule has 1 atom stereocenters. The summed E-state index contributed by atoms with van der Waals surface area (Å²) < 4.78 is 0. The van der Waals surface area contributed by atoms with Crippen molar-refractivity contribution in [2.24, 2.45) is 4.99 Å². The zero-order valence-electron chi connectivity index (χ0n) is 16.8. The van der Waals surface area contributed by atoms with Crippen LogP contribution in [-0.4, -0.2) is 23.6 Å². The van der Waals surface area contributed by atoms with E-state index in [9.17, 15) is 0 Å². The number of nitrogens with zero attached hydrogens (tertiary/aromatic N) is 2. The zero-order valence-corrected chi connectivity index (χ0v) is 16.8. The predicted octanol–water partition coefficient (Wildman–Crippen LogP) is 5.21. The van der Waals surface area contributed by atoms with Crippen LogP contribution in [0.3, 0.4) is 0 Å². The number of hydrogen-bond acceptors (Lipinski definition) is 3. The number of nitrogens with one attached hydrogen (secondary N) is 2. The van der Waals surface area contributed by atoms with Gasteiger partial charge in [0.05, 0.1) is 5.54 Å². The van der Waals surface area contributed by atoms with Gasteiger partial charge in [0.2, 0.25) is 0 Å². The minimum absolute atomic E-state index is 0.0876. The van der Waals surface area contributed by atoms with Crippen molar-refractivity contribution < 1.29 is 0 Å². The maximum absolute atomic E-state index is 8.38. The highest BCUT2D eigenvalue weighted by atomic mass is 15.2. The second kappa shape index (κ2) is 7.32. The first-order chi connectivity index (χ1) is 14.7. The Hall–Kier alpha value is -3.63. The van der Waals surface area contributed by atoms with E-state index in [0.717, 1.165) is 28.4 Å². The normalized spacial score (nSPS) is 18.6. The topological polar surface area (TPSA) is 71.0 Å². The summed E-state index contributed by atoms with van der Waals surface area (Å²) >= 11 is 0. The summed E-state index contributed by atoms with van der Waals surface area (Å²) in [5.74, 6) is 0.155. The minimum atomic E-state index is -0.0876. The van der Waals surface area contributed by atoms with Gasteiger partial charge in [-0.1, -0.05) is 66.7 Å². The predicted molar refractivity (Wildman–Crippen MR) is 125 cm³/mol. The molecule has 1 aliphatic heterocycles. The van der Waals surface area contributed by atoms with E-state index in [1.807, 2.05) is 43.5 Å². The first kappa shape index (κ1) is 18.4. The van der Waals surface area contributed by atoms with Gasteiger partial charge in [-0.05, 0) is 46.2 Å². The molecule has 0 aliphatic carbocycles. The van der Waals surface area contributed by atoms with Crippen molar-refractivity contribution in [2.45, 2.75) is 12.5 Å². The molecule has 0 radical (unpaired) electrons. The van der Waals surface area contributed by atoms with Gasteiger partial charge in [0.25, 0.3) is 0 Å². The molecule has 4 nitrogen and oxygen atoms in total. The molecule has 4 heteroatoms. The highest BCUT2D eigenvalue weighted by molar-refractivity contribution is 6.15. The van der Waals surface area contributed by atoms with E-state index in [4.69, 9.17) is 5.41 Å². The van der Waals surface area contributed by atoms with Gasteiger partial charge in [0, 0.05) is 24.5 Å². The van der Waals surface area contributed by atoms with Gasteiger partial charge in [-0.25, -0.2) is 4.99 Å². The van der Waals surface area contributed by atoms with E-state index in [1.165, 1.54) is 10.8 Å². The van der Waals surface area contributed by atoms with Crippen LogP contribution in [0.15, 0.2) is 90.1 Å². The van der Waals surface area contributed by atoms with Gasteiger partial charge in [-0.15, -0.1) is 0 Å². The van der Waals surface area contributed by atoms with Crippen molar-refractivity contribution in [2.75, 3.05) is 6.54 Å². The monoisotopic (exact) mass is 390 g/mol. The summed E-state index contributed by atoms with van der Waals surface area (Å²) in [5, 5.41) is 16.5. The van der Waals surface area contributed by atoms with Crippen LogP contribution in [0.5, 0.6) is 0 Å². The van der Waals surface area contributed by atoms with Gasteiger partial charge in [0.1, 0.15) is 5.69 Å². The van der Waals surface area contributed by atoms with Crippen molar-refractivity contribution in [1.29, 1.82) is 5.41 Å². The highest BCUT2D eigenvalue weighted by Gasteiger charge is 2.41. The van der Waals surface area contributed by atoms with E-state index in [1.54, 1.807) is 6.21 Å². The number of allylic oxidation sites excluding steroid dienone is 1. The Kier molecular flexibility index (Phi) is 4.49. The van der Waals surface area contributed by atoms with Crippen molar-refractivity contribution in [3.05, 3.63) is 102 Å². The fourth-order valence-corrected chi connectivity index (χ4v) is 3.99. The first-order valence-electron chi connectivity index (χ1n) is 10.1. The standard InChI is InChI=1S/C26H22N4/c1-2-13-26(17-30-26)20-11-12-24(28-16-20)25(27)29-15-19-14-18-7-3-4-8-21(18)23-10-6-5-9-22(19)23/h2-16,27,30H,17H2,1H3/b13-2-,27-25?,29-15?. The first-order valence-corrected chi connectivity index (χ1v) is 10.1. The van der Waals surface area contributed by atoms with Crippen molar-refractivity contribution in [3.63, 3.8) is 0 Å². The number of amidine groups is 1. The largest absolute Gasteiger partial charge is 0.301 e. The van der Waals surface area contributed by atoms with E-state index >= 15 is 0 Å². The average Bonchev–Trinajstić information content (AvgIpc) is 3.58. The molecular formula is C26H22N4. The smallest absolute Gasteiger partial charge is 0.170 e. The van der Waals surface area contributed by atoms with Crippen LogP contribution >= 0.6 is 0 Å². The number of fused-ring (bicyclic) bond motifs is 3. The summed E-state index contributed by atoms with van der Waals surface area (Å²) in [7, 11) is 0. The van der Waals surface area contributed by atoms with Crippen LogP contribution in [0, 0.1) is 5.41 Å². The Balaban J connectivity index is 1.46. The fraction of sp³-hybridized carbons (Fsp3) is 0.115. The van der Waals surface area contributed by atoms with Gasteiger partial charge >= 0.3 is 0 Å². The van der Waals surface area contributed by atoms with E-state index in [-0.39, 0.29) is 11.4 Å². The van der Waals surface area contributed by atoms with Crippen molar-refractivity contribution in [1.82, 2.24) is 10.3 Å². The third-order valence-electron chi connectivity index (χ3n) is 5.66. The Morgan fingerprint density at radius 2 is 1.77 bits per heavy atom. The molecule has 0 amide bonds. The maximum atomic E-state index is 8.38. The number of pyridine rings is 1. The summed E-state index contributed by atoms with van der Waals surface area (Å²) in [5.41, 5.74) is 2.59. The molecule has 1 unspecified atom stereocenters. The molecule has 4 aromatic rings. The van der Waals surface area contributed by atoms with Crippen molar-refractivity contribution in [3.8, 4) is 0 Å².